The predicted octanol–water partition coefficient (Wildman–Crippen LogP) is 2.17. The van der Waals surface area contributed by atoms with Crippen molar-refractivity contribution in [3.05, 3.63) is 36.4 Å². The number of hydrogen-bond donors (Lipinski definition) is 3. The highest BCUT2D eigenvalue weighted by Crippen LogP contribution is 2.02. The van der Waals surface area contributed by atoms with Crippen LogP contribution in [0.1, 0.15) is 13.3 Å². The van der Waals surface area contributed by atoms with Gasteiger partial charge in [0.25, 0.3) is 0 Å². The molecule has 0 spiro atoms. The molecule has 1 heterocycles. The largest absolute Gasteiger partial charge is 0.347 e. The van der Waals surface area contributed by atoms with Crippen molar-refractivity contribution < 1.29 is 4.39 Å². The second-order valence-electron chi connectivity index (χ2n) is 3.47. The summed E-state index contributed by atoms with van der Waals surface area (Å²) in [5, 5.41) is 13.6. The van der Waals surface area contributed by atoms with E-state index in [0.717, 1.165) is 19.3 Å². The lowest BCUT2D eigenvalue weighted by molar-refractivity contribution is 0.622. The first kappa shape index (κ1) is 13.3. The molecule has 0 amide bonds. The van der Waals surface area contributed by atoms with Gasteiger partial charge in [0, 0.05) is 24.9 Å². The molecule has 0 saturated heterocycles. The fourth-order valence-corrected chi connectivity index (χ4v) is 1.17. The molecule has 0 saturated carbocycles. The molecule has 0 bridgehead atoms. The Labute approximate surface area is 100 Å². The number of halogens is 1. The molecular formula is C12H17FN4. The smallest absolute Gasteiger partial charge is 0.141 e. The monoisotopic (exact) mass is 236 g/mol. The summed E-state index contributed by atoms with van der Waals surface area (Å²) in [6.45, 7) is 3.74. The summed E-state index contributed by atoms with van der Waals surface area (Å²) in [6.07, 6.45) is 5.13. The molecule has 0 radical (unpaired) electrons. The maximum atomic E-state index is 12.6. The molecule has 0 atom stereocenters. The zero-order valence-corrected chi connectivity index (χ0v) is 9.83. The first-order valence-corrected chi connectivity index (χ1v) is 5.55. The van der Waals surface area contributed by atoms with Gasteiger partial charge in [0.1, 0.15) is 11.6 Å². The minimum atomic E-state index is -0.363. The summed E-state index contributed by atoms with van der Waals surface area (Å²) in [5.41, 5.74) is 0.528. The molecule has 17 heavy (non-hydrogen) atoms. The first-order valence-electron chi connectivity index (χ1n) is 5.55. The van der Waals surface area contributed by atoms with Gasteiger partial charge in [-0.15, -0.1) is 0 Å². The van der Waals surface area contributed by atoms with Crippen LogP contribution >= 0.6 is 0 Å². The van der Waals surface area contributed by atoms with Crippen LogP contribution in [0.5, 0.6) is 0 Å². The number of allylic oxidation sites excluding steroid dienone is 1. The second-order valence-corrected chi connectivity index (χ2v) is 3.47. The second kappa shape index (κ2) is 7.51. The molecule has 5 heteroatoms. The van der Waals surface area contributed by atoms with Gasteiger partial charge < -0.3 is 16.0 Å². The first-order chi connectivity index (χ1) is 8.22. The Morgan fingerprint density at radius 3 is 3.00 bits per heavy atom. The molecule has 0 aromatic carbocycles. The third kappa shape index (κ3) is 5.77. The van der Waals surface area contributed by atoms with E-state index in [1.807, 2.05) is 6.92 Å². The van der Waals surface area contributed by atoms with E-state index < -0.39 is 0 Å². The summed E-state index contributed by atoms with van der Waals surface area (Å²) < 4.78 is 12.6. The fraction of sp³-hybridized carbons (Fsp3) is 0.333. The zero-order chi connectivity index (χ0) is 12.5. The molecule has 0 aliphatic carbocycles. The summed E-state index contributed by atoms with van der Waals surface area (Å²) in [5.74, 6) is 0.194. The quantitative estimate of drug-likeness (QED) is 0.502. The summed E-state index contributed by atoms with van der Waals surface area (Å²) >= 11 is 0. The minimum absolute atomic E-state index is 0.363. The lowest BCUT2D eigenvalue weighted by Gasteiger charge is -2.01. The van der Waals surface area contributed by atoms with Gasteiger partial charge in [0.15, 0.2) is 0 Å². The van der Waals surface area contributed by atoms with E-state index in [-0.39, 0.29) is 5.82 Å². The molecule has 0 aliphatic heterocycles. The molecule has 3 N–H and O–H groups in total. The highest BCUT2D eigenvalue weighted by atomic mass is 19.1. The summed E-state index contributed by atoms with van der Waals surface area (Å²) in [7, 11) is 0. The Hall–Kier alpha value is -1.75. The van der Waals surface area contributed by atoms with E-state index in [9.17, 15) is 4.39 Å². The van der Waals surface area contributed by atoms with Crippen molar-refractivity contribution >= 4 is 11.5 Å². The molecule has 92 valence electrons. The lowest BCUT2D eigenvalue weighted by atomic mass is 10.2. The van der Waals surface area contributed by atoms with Crippen LogP contribution in [0.3, 0.4) is 0 Å². The maximum Gasteiger partial charge on any atom is 0.141 e. The Bertz CT molecular complexity index is 373. The zero-order valence-electron chi connectivity index (χ0n) is 9.83. The number of rotatable bonds is 7. The number of nitrogens with zero attached hydrogens (tertiary/aromatic N) is 1. The van der Waals surface area contributed by atoms with Crippen LogP contribution in [-0.4, -0.2) is 23.8 Å². The van der Waals surface area contributed by atoms with Crippen molar-refractivity contribution in [2.45, 2.75) is 13.3 Å². The number of anilines is 1. The number of aromatic nitrogens is 1. The summed E-state index contributed by atoms with van der Waals surface area (Å²) in [6, 6.07) is 2.88. The van der Waals surface area contributed by atoms with Crippen molar-refractivity contribution in [3.8, 4) is 0 Å². The Morgan fingerprint density at radius 1 is 1.53 bits per heavy atom. The molecular weight excluding hydrogens is 219 g/mol. The van der Waals surface area contributed by atoms with Crippen molar-refractivity contribution in [1.82, 2.24) is 10.3 Å². The highest BCUT2D eigenvalue weighted by Gasteiger charge is 1.93. The van der Waals surface area contributed by atoms with E-state index in [0.29, 0.717) is 18.0 Å². The van der Waals surface area contributed by atoms with Crippen LogP contribution < -0.4 is 10.6 Å². The molecule has 1 rings (SSSR count). The van der Waals surface area contributed by atoms with Crippen LogP contribution in [0.2, 0.25) is 0 Å². The van der Waals surface area contributed by atoms with Crippen molar-refractivity contribution in [3.63, 3.8) is 0 Å². The fourth-order valence-electron chi connectivity index (χ4n) is 1.17. The lowest BCUT2D eigenvalue weighted by Crippen LogP contribution is -2.16. The van der Waals surface area contributed by atoms with Crippen LogP contribution in [0.15, 0.2) is 30.6 Å². The van der Waals surface area contributed by atoms with Gasteiger partial charge in [0.05, 0.1) is 6.20 Å². The number of pyridine rings is 1. The van der Waals surface area contributed by atoms with Gasteiger partial charge in [-0.05, 0) is 24.8 Å². The van der Waals surface area contributed by atoms with E-state index in [4.69, 9.17) is 5.41 Å². The number of hydrogen-bond acceptors (Lipinski definition) is 4. The van der Waals surface area contributed by atoms with Crippen molar-refractivity contribution in [2.75, 3.05) is 18.4 Å². The normalized spacial score (nSPS) is 10.7. The third-order valence-corrected chi connectivity index (χ3v) is 2.06. The Balaban J connectivity index is 2.29. The van der Waals surface area contributed by atoms with Gasteiger partial charge >= 0.3 is 0 Å². The van der Waals surface area contributed by atoms with Gasteiger partial charge in [-0.1, -0.05) is 6.92 Å². The van der Waals surface area contributed by atoms with Crippen LogP contribution in [0.4, 0.5) is 10.2 Å². The van der Waals surface area contributed by atoms with Crippen LogP contribution in [0, 0.1) is 11.2 Å². The van der Waals surface area contributed by atoms with E-state index >= 15 is 0 Å². The van der Waals surface area contributed by atoms with Gasteiger partial charge in [-0.2, -0.15) is 0 Å². The Kier molecular flexibility index (Phi) is 5.88. The van der Waals surface area contributed by atoms with Crippen LogP contribution in [0.25, 0.3) is 0 Å². The predicted molar refractivity (Wildman–Crippen MR) is 67.8 cm³/mol. The average Bonchev–Trinajstić information content (AvgIpc) is 2.32. The van der Waals surface area contributed by atoms with E-state index in [1.54, 1.807) is 18.3 Å². The maximum absolute atomic E-state index is 12.6. The van der Waals surface area contributed by atoms with E-state index in [1.165, 1.54) is 6.07 Å². The van der Waals surface area contributed by atoms with Crippen LogP contribution in [-0.2, 0) is 0 Å². The highest BCUT2D eigenvalue weighted by molar-refractivity contribution is 5.92. The third-order valence-electron chi connectivity index (χ3n) is 2.06. The van der Waals surface area contributed by atoms with Crippen molar-refractivity contribution in [2.24, 2.45) is 0 Å². The molecule has 4 nitrogen and oxygen atoms in total. The topological polar surface area (TPSA) is 60.8 Å². The standard InChI is InChI=1S/C12H17FN4/c1-2-15-7-5-11(14)6-8-16-12-4-3-10(13)9-17-12/h3-4,6,8-9,14-15H,2,5,7H2,1H3,(H,16,17)/b8-6-,14-11?. The average molecular weight is 236 g/mol. The summed E-state index contributed by atoms with van der Waals surface area (Å²) in [4.78, 5) is 3.83. The molecule has 0 aliphatic rings. The minimum Gasteiger partial charge on any atom is -0.347 e. The van der Waals surface area contributed by atoms with Crippen molar-refractivity contribution in [1.29, 1.82) is 5.41 Å². The number of nitrogens with one attached hydrogen (secondary N) is 3. The van der Waals surface area contributed by atoms with Gasteiger partial charge in [0.2, 0.25) is 0 Å². The molecule has 1 aromatic heterocycles. The SMILES string of the molecule is CCNCCC(=N)/C=C\Nc1ccc(F)cn1. The van der Waals surface area contributed by atoms with E-state index in [2.05, 4.69) is 15.6 Å². The molecule has 0 fully saturated rings. The van der Waals surface area contributed by atoms with Gasteiger partial charge in [-0.25, -0.2) is 9.37 Å². The Morgan fingerprint density at radius 2 is 2.35 bits per heavy atom. The molecule has 1 aromatic rings. The van der Waals surface area contributed by atoms with Gasteiger partial charge in [-0.3, -0.25) is 0 Å². The molecule has 0 unspecified atom stereocenters.